The first-order valence-electron chi connectivity index (χ1n) is 12.5. The van der Waals surface area contributed by atoms with E-state index >= 15 is 0 Å². The number of nitrogens with one attached hydrogen (secondary N) is 2. The molecular weight excluding hydrogens is 588 g/mol. The van der Waals surface area contributed by atoms with Crippen LogP contribution in [0.3, 0.4) is 0 Å². The van der Waals surface area contributed by atoms with Crippen LogP contribution in [0.25, 0.3) is 0 Å². The Kier molecular flexibility index (Phi) is 10.4. The molecule has 224 valence electrons. The second kappa shape index (κ2) is 13.5. The lowest BCUT2D eigenvalue weighted by molar-refractivity contribution is -0.385. The number of carbonyl (C=O) groups excluding carboxylic acids is 1. The van der Waals surface area contributed by atoms with Gasteiger partial charge in [-0.2, -0.15) is 18.2 Å². The van der Waals surface area contributed by atoms with Gasteiger partial charge in [0, 0.05) is 12.1 Å². The van der Waals surface area contributed by atoms with Gasteiger partial charge in [-0.3, -0.25) is 14.9 Å². The molecule has 3 rings (SSSR count). The summed E-state index contributed by atoms with van der Waals surface area (Å²) >= 11 is 0. The van der Waals surface area contributed by atoms with Crippen molar-refractivity contribution in [1.82, 2.24) is 10.1 Å². The SMILES string of the molecule is COc1cc(/C=N\NC(=O)[C@@H](CC(C)C)NS(=O)(=O)c2ccc(C)cc2)ccc1OS(=O)(=O)c1cccc([N+](=O)[O-])c1. The summed E-state index contributed by atoms with van der Waals surface area (Å²) in [5, 5.41) is 14.9. The number of nitro benzene ring substituents is 1. The Hall–Kier alpha value is -4.34. The summed E-state index contributed by atoms with van der Waals surface area (Å²) in [6.45, 7) is 5.52. The Bertz CT molecular complexity index is 1690. The van der Waals surface area contributed by atoms with E-state index in [0.29, 0.717) is 5.56 Å². The first kappa shape index (κ1) is 32.2. The summed E-state index contributed by atoms with van der Waals surface area (Å²) in [6.07, 6.45) is 1.46. The monoisotopic (exact) mass is 618 g/mol. The molecule has 2 N–H and O–H groups in total. The van der Waals surface area contributed by atoms with Crippen molar-refractivity contribution in [3.63, 3.8) is 0 Å². The highest BCUT2D eigenvalue weighted by atomic mass is 32.2. The number of benzene rings is 3. The van der Waals surface area contributed by atoms with Crippen LogP contribution < -0.4 is 19.1 Å². The van der Waals surface area contributed by atoms with Crippen molar-refractivity contribution in [1.29, 1.82) is 0 Å². The minimum Gasteiger partial charge on any atom is -0.493 e. The zero-order valence-electron chi connectivity index (χ0n) is 23.2. The fourth-order valence-corrected chi connectivity index (χ4v) is 5.84. The molecule has 0 fully saturated rings. The van der Waals surface area contributed by atoms with E-state index in [1.807, 2.05) is 20.8 Å². The Morgan fingerprint density at radius 1 is 1.00 bits per heavy atom. The van der Waals surface area contributed by atoms with Gasteiger partial charge in [-0.1, -0.05) is 37.6 Å². The molecule has 15 heteroatoms. The number of nitro groups is 1. The van der Waals surface area contributed by atoms with Crippen molar-refractivity contribution in [3.8, 4) is 11.5 Å². The summed E-state index contributed by atoms with van der Waals surface area (Å²) in [7, 11) is -7.13. The van der Waals surface area contributed by atoms with Crippen LogP contribution in [0.5, 0.6) is 11.5 Å². The average Bonchev–Trinajstić information content (AvgIpc) is 2.93. The first-order valence-corrected chi connectivity index (χ1v) is 15.4. The molecule has 42 heavy (non-hydrogen) atoms. The molecule has 1 amide bonds. The predicted molar refractivity (Wildman–Crippen MR) is 154 cm³/mol. The number of hydrogen-bond acceptors (Lipinski definition) is 10. The zero-order valence-corrected chi connectivity index (χ0v) is 24.8. The van der Waals surface area contributed by atoms with Crippen molar-refractivity contribution < 1.29 is 35.5 Å². The van der Waals surface area contributed by atoms with E-state index in [9.17, 15) is 31.7 Å². The molecule has 0 heterocycles. The maximum absolute atomic E-state index is 12.9. The molecule has 1 atom stereocenters. The number of rotatable bonds is 13. The summed E-state index contributed by atoms with van der Waals surface area (Å²) in [6, 6.07) is 13.6. The van der Waals surface area contributed by atoms with Gasteiger partial charge in [-0.25, -0.2) is 13.8 Å². The Morgan fingerprint density at radius 3 is 2.31 bits per heavy atom. The molecule has 0 aliphatic carbocycles. The number of hydrogen-bond donors (Lipinski definition) is 2. The van der Waals surface area contributed by atoms with Crippen LogP contribution in [0.15, 0.2) is 81.6 Å². The highest BCUT2D eigenvalue weighted by molar-refractivity contribution is 7.89. The van der Waals surface area contributed by atoms with E-state index in [4.69, 9.17) is 8.92 Å². The van der Waals surface area contributed by atoms with E-state index in [2.05, 4.69) is 15.2 Å². The number of nitrogens with zero attached hydrogens (tertiary/aromatic N) is 2. The largest absolute Gasteiger partial charge is 0.493 e. The highest BCUT2D eigenvalue weighted by Crippen LogP contribution is 2.31. The summed E-state index contributed by atoms with van der Waals surface area (Å²) in [5.41, 5.74) is 3.18. The van der Waals surface area contributed by atoms with Gasteiger partial charge in [0.2, 0.25) is 10.0 Å². The lowest BCUT2D eigenvalue weighted by atomic mass is 10.0. The van der Waals surface area contributed by atoms with Crippen LogP contribution in [-0.4, -0.2) is 47.0 Å². The van der Waals surface area contributed by atoms with Crippen LogP contribution in [0.1, 0.15) is 31.4 Å². The van der Waals surface area contributed by atoms with Crippen molar-refractivity contribution in [2.24, 2.45) is 11.0 Å². The van der Waals surface area contributed by atoms with Gasteiger partial charge in [0.15, 0.2) is 11.5 Å². The van der Waals surface area contributed by atoms with Crippen LogP contribution in [-0.2, 0) is 24.9 Å². The predicted octanol–water partition coefficient (Wildman–Crippen LogP) is 3.52. The molecule has 0 aliphatic heterocycles. The van der Waals surface area contributed by atoms with Crippen molar-refractivity contribution in [2.45, 2.75) is 43.0 Å². The van der Waals surface area contributed by atoms with E-state index < -0.39 is 47.6 Å². The van der Waals surface area contributed by atoms with E-state index in [1.165, 1.54) is 49.7 Å². The third-order valence-corrected chi connectivity index (χ3v) is 8.46. The normalized spacial score (nSPS) is 12.7. The maximum atomic E-state index is 12.9. The van der Waals surface area contributed by atoms with Crippen molar-refractivity contribution in [3.05, 3.63) is 88.0 Å². The summed E-state index contributed by atoms with van der Waals surface area (Å²) in [4.78, 5) is 22.7. The number of sulfonamides is 1. The zero-order chi connectivity index (χ0) is 31.1. The fraction of sp³-hybridized carbons (Fsp3) is 0.259. The molecule has 0 radical (unpaired) electrons. The molecule has 0 saturated heterocycles. The molecule has 3 aromatic carbocycles. The summed E-state index contributed by atoms with van der Waals surface area (Å²) in [5.74, 6) is -0.873. The first-order chi connectivity index (χ1) is 19.7. The number of ether oxygens (including phenoxy) is 1. The van der Waals surface area contributed by atoms with Gasteiger partial charge in [-0.15, -0.1) is 0 Å². The molecule has 0 aromatic heterocycles. The fourth-order valence-electron chi connectivity index (χ4n) is 3.65. The second-order valence-corrected chi connectivity index (χ2v) is 12.8. The van der Waals surface area contributed by atoms with E-state index in [1.54, 1.807) is 12.1 Å². The minimum absolute atomic E-state index is 0.00262. The van der Waals surface area contributed by atoms with Crippen molar-refractivity contribution in [2.75, 3.05) is 7.11 Å². The topological polar surface area (TPSA) is 183 Å². The van der Waals surface area contributed by atoms with E-state index in [-0.39, 0.29) is 28.7 Å². The van der Waals surface area contributed by atoms with Gasteiger partial charge >= 0.3 is 10.1 Å². The number of methoxy groups -OCH3 is 1. The highest BCUT2D eigenvalue weighted by Gasteiger charge is 2.26. The van der Waals surface area contributed by atoms with Crippen LogP contribution in [0, 0.1) is 23.0 Å². The Labute approximate surface area is 243 Å². The van der Waals surface area contributed by atoms with Gasteiger partial charge < -0.3 is 8.92 Å². The number of carbonyl (C=O) groups is 1. The van der Waals surface area contributed by atoms with Gasteiger partial charge in [0.1, 0.15) is 10.9 Å². The van der Waals surface area contributed by atoms with Gasteiger partial charge in [0.25, 0.3) is 11.6 Å². The number of amides is 1. The Morgan fingerprint density at radius 2 is 1.69 bits per heavy atom. The van der Waals surface area contributed by atoms with Crippen LogP contribution in [0.2, 0.25) is 0 Å². The number of non-ortho nitro benzene ring substituents is 1. The van der Waals surface area contributed by atoms with Crippen LogP contribution >= 0.6 is 0 Å². The lowest BCUT2D eigenvalue weighted by Crippen LogP contribution is -2.46. The van der Waals surface area contributed by atoms with Gasteiger partial charge in [-0.05, 0) is 61.2 Å². The maximum Gasteiger partial charge on any atom is 0.339 e. The lowest BCUT2D eigenvalue weighted by Gasteiger charge is -2.19. The molecule has 0 spiro atoms. The third kappa shape index (κ3) is 8.58. The van der Waals surface area contributed by atoms with Crippen molar-refractivity contribution >= 4 is 38.0 Å². The molecule has 0 bridgehead atoms. The molecular formula is C27H30N4O9S2. The van der Waals surface area contributed by atoms with E-state index in [0.717, 1.165) is 23.8 Å². The van der Waals surface area contributed by atoms with Gasteiger partial charge in [0.05, 0.1) is 23.1 Å². The average molecular weight is 619 g/mol. The van der Waals surface area contributed by atoms with Crippen LogP contribution in [0.4, 0.5) is 5.69 Å². The quantitative estimate of drug-likeness (QED) is 0.125. The molecule has 13 nitrogen and oxygen atoms in total. The molecule has 0 aliphatic rings. The third-order valence-electron chi connectivity index (χ3n) is 5.74. The minimum atomic E-state index is -4.43. The molecule has 0 saturated carbocycles. The molecule has 3 aromatic rings. The Balaban J connectivity index is 1.73. The number of hydrazone groups is 1. The second-order valence-electron chi connectivity index (χ2n) is 9.55. The smallest absolute Gasteiger partial charge is 0.339 e. The standard InChI is InChI=1S/C27H30N4O9S2/c1-18(2)14-24(30-41(35,36)22-11-8-19(3)9-12-22)27(32)29-28-17-20-10-13-25(26(15-20)39-4)40-42(37,38)23-7-5-6-21(16-23)31(33)34/h5-13,15-18,24,30H,14H2,1-4H3,(H,29,32)/b28-17-/t24-/m1/s1. The molecule has 0 unspecified atom stereocenters. The summed E-state index contributed by atoms with van der Waals surface area (Å²) < 4.78 is 63.9. The number of aryl methyl sites for hydroxylation is 1.